The van der Waals surface area contributed by atoms with Crippen LogP contribution in [0.25, 0.3) is 10.8 Å². The van der Waals surface area contributed by atoms with E-state index in [0.29, 0.717) is 37.6 Å². The molecule has 0 radical (unpaired) electrons. The average Bonchev–Trinajstić information content (AvgIpc) is 2.97. The zero-order valence-electron chi connectivity index (χ0n) is 14.5. The molecule has 2 saturated heterocycles. The molecule has 4 rings (SSSR count). The summed E-state index contributed by atoms with van der Waals surface area (Å²) < 4.78 is 5.77. The van der Waals surface area contributed by atoms with E-state index in [1.54, 1.807) is 0 Å². The Labute approximate surface area is 148 Å². The maximum absolute atomic E-state index is 12.1. The van der Waals surface area contributed by atoms with Crippen LogP contribution in [0.5, 0.6) is 5.75 Å². The molecule has 132 valence electrons. The molecule has 4 heteroatoms. The fourth-order valence-corrected chi connectivity index (χ4v) is 4.29. The van der Waals surface area contributed by atoms with Gasteiger partial charge in [-0.15, -0.1) is 0 Å². The summed E-state index contributed by atoms with van der Waals surface area (Å²) in [6.07, 6.45) is 5.52. The van der Waals surface area contributed by atoms with Crippen LogP contribution < -0.4 is 15.4 Å². The largest absolute Gasteiger partial charge is 0.492 e. The minimum Gasteiger partial charge on any atom is -0.492 e. The zero-order valence-corrected chi connectivity index (χ0v) is 14.5. The second-order valence-corrected chi connectivity index (χ2v) is 7.39. The summed E-state index contributed by atoms with van der Waals surface area (Å²) in [5.74, 6) is 1.55. The van der Waals surface area contributed by atoms with E-state index in [9.17, 15) is 4.79 Å². The molecule has 2 heterocycles. The standard InChI is InChI=1S/C21H26N2O2/c24-21(13-15-11-18-6-7-19(12-15)23-18)22-9-10-25-20-8-5-16-3-1-2-4-17(16)14-20/h1-5,8,14-15,18-19,23H,6-7,9-13H2,(H,22,24). The number of benzene rings is 2. The molecule has 2 aromatic rings. The minimum absolute atomic E-state index is 0.161. The third kappa shape index (κ3) is 4.13. The molecule has 0 spiro atoms. The van der Waals surface area contributed by atoms with Crippen molar-refractivity contribution in [3.05, 3.63) is 42.5 Å². The molecule has 1 amide bonds. The monoisotopic (exact) mass is 338 g/mol. The SMILES string of the molecule is O=C(CC1CC2CCC(C1)N2)NCCOc1ccc2ccccc2c1. The van der Waals surface area contributed by atoms with Crippen molar-refractivity contribution in [1.82, 2.24) is 10.6 Å². The Morgan fingerprint density at radius 2 is 1.84 bits per heavy atom. The van der Waals surface area contributed by atoms with E-state index in [0.717, 1.165) is 18.6 Å². The Bertz CT molecular complexity index is 734. The first-order valence-electron chi connectivity index (χ1n) is 9.40. The Balaban J connectivity index is 1.19. The van der Waals surface area contributed by atoms with Gasteiger partial charge in [0.15, 0.2) is 0 Å². The number of ether oxygens (including phenoxy) is 1. The number of carbonyl (C=O) groups is 1. The summed E-state index contributed by atoms with van der Waals surface area (Å²) in [7, 11) is 0. The van der Waals surface area contributed by atoms with Crippen molar-refractivity contribution < 1.29 is 9.53 Å². The average molecular weight is 338 g/mol. The van der Waals surface area contributed by atoms with Crippen LogP contribution in [0.4, 0.5) is 0 Å². The van der Waals surface area contributed by atoms with Gasteiger partial charge in [0.1, 0.15) is 12.4 Å². The lowest BCUT2D eigenvalue weighted by Gasteiger charge is -2.28. The lowest BCUT2D eigenvalue weighted by molar-refractivity contribution is -0.122. The number of carbonyl (C=O) groups excluding carboxylic acids is 1. The molecule has 2 atom stereocenters. The summed E-state index contributed by atoms with van der Waals surface area (Å²) in [5, 5.41) is 9.01. The summed E-state index contributed by atoms with van der Waals surface area (Å²) in [6, 6.07) is 15.6. The van der Waals surface area contributed by atoms with Gasteiger partial charge >= 0.3 is 0 Å². The van der Waals surface area contributed by atoms with Crippen molar-refractivity contribution in [2.75, 3.05) is 13.2 Å². The predicted molar refractivity (Wildman–Crippen MR) is 99.7 cm³/mol. The van der Waals surface area contributed by atoms with Crippen LogP contribution in [-0.2, 0) is 4.79 Å². The van der Waals surface area contributed by atoms with E-state index in [2.05, 4.69) is 28.8 Å². The van der Waals surface area contributed by atoms with E-state index in [-0.39, 0.29) is 5.91 Å². The second kappa shape index (κ2) is 7.44. The quantitative estimate of drug-likeness (QED) is 0.795. The lowest BCUT2D eigenvalue weighted by Crippen LogP contribution is -2.40. The van der Waals surface area contributed by atoms with E-state index in [4.69, 9.17) is 4.74 Å². The first-order chi connectivity index (χ1) is 12.3. The van der Waals surface area contributed by atoms with Gasteiger partial charge in [-0.2, -0.15) is 0 Å². The second-order valence-electron chi connectivity index (χ2n) is 7.39. The predicted octanol–water partition coefficient (Wildman–Crippen LogP) is 3.26. The molecule has 25 heavy (non-hydrogen) atoms. The molecule has 2 aliphatic heterocycles. The number of fused-ring (bicyclic) bond motifs is 3. The molecular formula is C21H26N2O2. The Kier molecular flexibility index (Phi) is 4.88. The fourth-order valence-electron chi connectivity index (χ4n) is 4.29. The highest BCUT2D eigenvalue weighted by Crippen LogP contribution is 2.32. The van der Waals surface area contributed by atoms with E-state index >= 15 is 0 Å². The van der Waals surface area contributed by atoms with Gasteiger partial charge in [0.05, 0.1) is 6.54 Å². The molecule has 2 bridgehead atoms. The molecule has 4 nitrogen and oxygen atoms in total. The van der Waals surface area contributed by atoms with Crippen LogP contribution in [0.3, 0.4) is 0 Å². The van der Waals surface area contributed by atoms with Crippen LogP contribution in [0, 0.1) is 5.92 Å². The third-order valence-electron chi connectivity index (χ3n) is 5.46. The Morgan fingerprint density at radius 1 is 1.08 bits per heavy atom. The normalized spacial score (nSPS) is 25.0. The highest BCUT2D eigenvalue weighted by Gasteiger charge is 2.34. The van der Waals surface area contributed by atoms with Crippen LogP contribution in [0.1, 0.15) is 32.1 Å². The molecule has 2 unspecified atom stereocenters. The smallest absolute Gasteiger partial charge is 0.220 e. The Hall–Kier alpha value is -2.07. The minimum atomic E-state index is 0.161. The number of nitrogens with one attached hydrogen (secondary N) is 2. The molecule has 2 aliphatic rings. The van der Waals surface area contributed by atoms with Crippen LogP contribution in [-0.4, -0.2) is 31.1 Å². The topological polar surface area (TPSA) is 50.4 Å². The summed E-state index contributed by atoms with van der Waals surface area (Å²) in [6.45, 7) is 1.06. The first-order valence-corrected chi connectivity index (χ1v) is 9.40. The van der Waals surface area contributed by atoms with Crippen molar-refractivity contribution in [3.8, 4) is 5.75 Å². The van der Waals surface area contributed by atoms with Gasteiger partial charge in [-0.25, -0.2) is 0 Å². The Morgan fingerprint density at radius 3 is 2.64 bits per heavy atom. The molecule has 0 aromatic heterocycles. The van der Waals surface area contributed by atoms with Crippen molar-refractivity contribution in [1.29, 1.82) is 0 Å². The third-order valence-corrected chi connectivity index (χ3v) is 5.46. The molecular weight excluding hydrogens is 312 g/mol. The van der Waals surface area contributed by atoms with E-state index < -0.39 is 0 Å². The fraction of sp³-hybridized carbons (Fsp3) is 0.476. The van der Waals surface area contributed by atoms with Gasteiger partial charge in [0, 0.05) is 18.5 Å². The number of hydrogen-bond donors (Lipinski definition) is 2. The summed E-state index contributed by atoms with van der Waals surface area (Å²) >= 11 is 0. The van der Waals surface area contributed by atoms with Gasteiger partial charge in [-0.05, 0) is 54.5 Å². The van der Waals surface area contributed by atoms with Gasteiger partial charge in [-0.1, -0.05) is 30.3 Å². The number of piperidine rings is 1. The van der Waals surface area contributed by atoms with Crippen LogP contribution >= 0.6 is 0 Å². The lowest BCUT2D eigenvalue weighted by atomic mass is 9.89. The van der Waals surface area contributed by atoms with Gasteiger partial charge < -0.3 is 15.4 Å². The highest BCUT2D eigenvalue weighted by atomic mass is 16.5. The molecule has 2 aromatic carbocycles. The van der Waals surface area contributed by atoms with E-state index in [1.807, 2.05) is 24.3 Å². The van der Waals surface area contributed by atoms with Gasteiger partial charge in [0.2, 0.25) is 5.91 Å². The summed E-state index contributed by atoms with van der Waals surface area (Å²) in [5.41, 5.74) is 0. The molecule has 2 fully saturated rings. The zero-order chi connectivity index (χ0) is 17.1. The maximum atomic E-state index is 12.1. The molecule has 2 N–H and O–H groups in total. The first kappa shape index (κ1) is 16.4. The van der Waals surface area contributed by atoms with Crippen molar-refractivity contribution in [2.24, 2.45) is 5.92 Å². The van der Waals surface area contributed by atoms with Crippen LogP contribution in [0.2, 0.25) is 0 Å². The number of hydrogen-bond acceptors (Lipinski definition) is 3. The summed E-state index contributed by atoms with van der Waals surface area (Å²) in [4.78, 5) is 12.1. The van der Waals surface area contributed by atoms with Crippen molar-refractivity contribution >= 4 is 16.7 Å². The van der Waals surface area contributed by atoms with Gasteiger partial charge in [-0.3, -0.25) is 4.79 Å². The van der Waals surface area contributed by atoms with Crippen molar-refractivity contribution in [2.45, 2.75) is 44.2 Å². The van der Waals surface area contributed by atoms with Gasteiger partial charge in [0.25, 0.3) is 0 Å². The van der Waals surface area contributed by atoms with E-state index in [1.165, 1.54) is 23.6 Å². The number of amides is 1. The van der Waals surface area contributed by atoms with Crippen molar-refractivity contribution in [3.63, 3.8) is 0 Å². The van der Waals surface area contributed by atoms with Crippen LogP contribution in [0.15, 0.2) is 42.5 Å². The highest BCUT2D eigenvalue weighted by molar-refractivity contribution is 5.83. The maximum Gasteiger partial charge on any atom is 0.220 e. The number of rotatable bonds is 6. The molecule has 0 aliphatic carbocycles. The molecule has 0 saturated carbocycles.